The van der Waals surface area contributed by atoms with Gasteiger partial charge in [-0.05, 0) is 82.1 Å². The normalized spacial score (nSPS) is 12.0. The molecule has 0 saturated heterocycles. The summed E-state index contributed by atoms with van der Waals surface area (Å²) in [6, 6.07) is 6.16. The van der Waals surface area contributed by atoms with Crippen LogP contribution in [-0.2, 0) is 4.74 Å². The molecule has 0 aliphatic heterocycles. The molecular formula is C18H29BrN2O2. The predicted molar refractivity (Wildman–Crippen MR) is 100 cm³/mol. The van der Waals surface area contributed by atoms with E-state index in [1.165, 1.54) is 5.56 Å². The van der Waals surface area contributed by atoms with Gasteiger partial charge in [0.15, 0.2) is 0 Å². The zero-order valence-electron chi connectivity index (χ0n) is 15.3. The Morgan fingerprint density at radius 2 is 1.83 bits per heavy atom. The molecule has 0 heterocycles. The highest BCUT2D eigenvalue weighted by Gasteiger charge is 2.30. The van der Waals surface area contributed by atoms with E-state index in [0.717, 1.165) is 10.2 Å². The molecule has 1 rings (SSSR count). The van der Waals surface area contributed by atoms with Crippen LogP contribution in [0, 0.1) is 6.92 Å². The van der Waals surface area contributed by atoms with Gasteiger partial charge < -0.3 is 15.0 Å². The van der Waals surface area contributed by atoms with Crippen LogP contribution in [0.4, 0.5) is 10.5 Å². The Hall–Kier alpha value is -1.23. The van der Waals surface area contributed by atoms with Crippen LogP contribution in [0.25, 0.3) is 0 Å². The third-order valence-corrected chi connectivity index (χ3v) is 3.89. The topological polar surface area (TPSA) is 41.6 Å². The van der Waals surface area contributed by atoms with Gasteiger partial charge in [-0.1, -0.05) is 6.07 Å². The van der Waals surface area contributed by atoms with E-state index in [2.05, 4.69) is 40.3 Å². The number of amides is 1. The molecular weight excluding hydrogens is 356 g/mol. The Bertz CT molecular complexity index is 545. The number of rotatable bonds is 4. The van der Waals surface area contributed by atoms with Gasteiger partial charge >= 0.3 is 6.09 Å². The Morgan fingerprint density at radius 1 is 1.22 bits per heavy atom. The molecule has 0 atom stereocenters. The van der Waals surface area contributed by atoms with Crippen LogP contribution in [0.5, 0.6) is 0 Å². The van der Waals surface area contributed by atoms with E-state index in [-0.39, 0.29) is 11.6 Å². The molecule has 0 aliphatic carbocycles. The molecule has 1 N–H and O–H groups in total. The number of nitrogens with zero attached hydrogens (tertiary/aromatic N) is 1. The average molecular weight is 385 g/mol. The molecule has 1 aromatic carbocycles. The Balaban J connectivity index is 2.72. The molecule has 0 unspecified atom stereocenters. The summed E-state index contributed by atoms with van der Waals surface area (Å²) < 4.78 is 6.54. The molecule has 23 heavy (non-hydrogen) atoms. The third-order valence-electron chi connectivity index (χ3n) is 3.20. The summed E-state index contributed by atoms with van der Waals surface area (Å²) in [5.74, 6) is 0. The quantitative estimate of drug-likeness (QED) is 0.774. The molecule has 0 bridgehead atoms. The van der Waals surface area contributed by atoms with Gasteiger partial charge in [0.05, 0.1) is 0 Å². The molecule has 130 valence electrons. The standard InChI is InChI=1S/C18H29BrN2O2/c1-13-8-9-14(19)15(12-13)20-10-11-21(17(2,3)4)16(22)23-18(5,6)7/h8-9,12,20H,10-11H2,1-7H3. The summed E-state index contributed by atoms with van der Waals surface area (Å²) in [6.07, 6.45) is -0.282. The zero-order chi connectivity index (χ0) is 17.8. The second-order valence-corrected chi connectivity index (χ2v) is 8.57. The molecule has 1 aromatic rings. The Labute approximate surface area is 148 Å². The highest BCUT2D eigenvalue weighted by Crippen LogP contribution is 2.23. The first kappa shape index (κ1) is 19.8. The summed E-state index contributed by atoms with van der Waals surface area (Å²) in [5.41, 5.74) is 1.43. The fourth-order valence-corrected chi connectivity index (χ4v) is 2.48. The Morgan fingerprint density at radius 3 is 2.35 bits per heavy atom. The van der Waals surface area contributed by atoms with Crippen LogP contribution in [0.3, 0.4) is 0 Å². The molecule has 0 saturated carbocycles. The highest BCUT2D eigenvalue weighted by atomic mass is 79.9. The minimum Gasteiger partial charge on any atom is -0.444 e. The van der Waals surface area contributed by atoms with Gasteiger partial charge in [0.25, 0.3) is 0 Å². The molecule has 0 aliphatic rings. The number of halogens is 1. The van der Waals surface area contributed by atoms with Crippen LogP contribution in [-0.4, -0.2) is 35.2 Å². The van der Waals surface area contributed by atoms with E-state index in [0.29, 0.717) is 13.1 Å². The molecule has 4 nitrogen and oxygen atoms in total. The van der Waals surface area contributed by atoms with Crippen molar-refractivity contribution in [3.63, 3.8) is 0 Å². The molecule has 5 heteroatoms. The smallest absolute Gasteiger partial charge is 0.410 e. The van der Waals surface area contributed by atoms with Crippen LogP contribution in [0.2, 0.25) is 0 Å². The van der Waals surface area contributed by atoms with E-state index in [4.69, 9.17) is 4.74 Å². The monoisotopic (exact) mass is 384 g/mol. The summed E-state index contributed by atoms with van der Waals surface area (Å²) in [5, 5.41) is 3.38. The van der Waals surface area contributed by atoms with Crippen molar-refractivity contribution >= 4 is 27.7 Å². The van der Waals surface area contributed by atoms with Gasteiger partial charge in [0, 0.05) is 28.8 Å². The number of carbonyl (C=O) groups excluding carboxylic acids is 1. The maximum atomic E-state index is 12.4. The van der Waals surface area contributed by atoms with E-state index >= 15 is 0 Å². The number of benzene rings is 1. The van der Waals surface area contributed by atoms with Gasteiger partial charge in [-0.2, -0.15) is 0 Å². The highest BCUT2D eigenvalue weighted by molar-refractivity contribution is 9.10. The van der Waals surface area contributed by atoms with Crippen LogP contribution in [0.1, 0.15) is 47.1 Å². The predicted octanol–water partition coefficient (Wildman–Crippen LogP) is 5.21. The minimum absolute atomic E-state index is 0.282. The lowest BCUT2D eigenvalue weighted by Crippen LogP contribution is -2.49. The van der Waals surface area contributed by atoms with E-state index in [1.807, 2.05) is 47.6 Å². The van der Waals surface area contributed by atoms with Crippen LogP contribution < -0.4 is 5.32 Å². The largest absolute Gasteiger partial charge is 0.444 e. The van der Waals surface area contributed by atoms with Gasteiger partial charge in [-0.15, -0.1) is 0 Å². The third kappa shape index (κ3) is 6.81. The van der Waals surface area contributed by atoms with Gasteiger partial charge in [0.1, 0.15) is 5.60 Å². The summed E-state index contributed by atoms with van der Waals surface area (Å²) >= 11 is 3.54. The van der Waals surface area contributed by atoms with Crippen molar-refractivity contribution in [1.29, 1.82) is 0 Å². The zero-order valence-corrected chi connectivity index (χ0v) is 16.9. The van der Waals surface area contributed by atoms with Crippen LogP contribution in [0.15, 0.2) is 22.7 Å². The van der Waals surface area contributed by atoms with Crippen molar-refractivity contribution in [1.82, 2.24) is 4.90 Å². The molecule has 1 amide bonds. The van der Waals surface area contributed by atoms with E-state index in [9.17, 15) is 4.79 Å². The van der Waals surface area contributed by atoms with Crippen molar-refractivity contribution in [2.45, 2.75) is 59.6 Å². The summed E-state index contributed by atoms with van der Waals surface area (Å²) in [7, 11) is 0. The van der Waals surface area contributed by atoms with Gasteiger partial charge in [-0.3, -0.25) is 0 Å². The van der Waals surface area contributed by atoms with Gasteiger partial charge in [-0.25, -0.2) is 4.79 Å². The lowest BCUT2D eigenvalue weighted by Gasteiger charge is -2.37. The number of ether oxygens (including phenoxy) is 1. The SMILES string of the molecule is Cc1ccc(Br)c(NCCN(C(=O)OC(C)(C)C)C(C)(C)C)c1. The number of nitrogens with one attached hydrogen (secondary N) is 1. The van der Waals surface area contributed by atoms with E-state index < -0.39 is 5.60 Å². The lowest BCUT2D eigenvalue weighted by molar-refractivity contribution is 0.00749. The second-order valence-electron chi connectivity index (χ2n) is 7.71. The number of anilines is 1. The number of hydrogen-bond acceptors (Lipinski definition) is 3. The average Bonchev–Trinajstić information content (AvgIpc) is 2.34. The molecule has 0 aromatic heterocycles. The number of carbonyl (C=O) groups is 1. The van der Waals surface area contributed by atoms with E-state index in [1.54, 1.807) is 4.90 Å². The first-order valence-electron chi connectivity index (χ1n) is 7.91. The Kier molecular flexibility index (Phi) is 6.51. The minimum atomic E-state index is -0.492. The first-order chi connectivity index (χ1) is 10.4. The molecule has 0 radical (unpaired) electrons. The first-order valence-corrected chi connectivity index (χ1v) is 8.70. The van der Waals surface area contributed by atoms with Crippen molar-refractivity contribution in [3.05, 3.63) is 28.2 Å². The maximum Gasteiger partial charge on any atom is 0.410 e. The summed E-state index contributed by atoms with van der Waals surface area (Å²) in [4.78, 5) is 14.2. The van der Waals surface area contributed by atoms with Crippen molar-refractivity contribution in [3.8, 4) is 0 Å². The molecule has 0 fully saturated rings. The second kappa shape index (κ2) is 7.56. The summed E-state index contributed by atoms with van der Waals surface area (Å²) in [6.45, 7) is 15.0. The van der Waals surface area contributed by atoms with Crippen LogP contribution >= 0.6 is 15.9 Å². The fraction of sp³-hybridized carbons (Fsp3) is 0.611. The van der Waals surface area contributed by atoms with Gasteiger partial charge in [0.2, 0.25) is 0 Å². The molecule has 0 spiro atoms. The number of hydrogen-bond donors (Lipinski definition) is 1. The van der Waals surface area contributed by atoms with Crippen molar-refractivity contribution in [2.24, 2.45) is 0 Å². The van der Waals surface area contributed by atoms with Crippen molar-refractivity contribution < 1.29 is 9.53 Å². The van der Waals surface area contributed by atoms with Crippen molar-refractivity contribution in [2.75, 3.05) is 18.4 Å². The lowest BCUT2D eigenvalue weighted by atomic mass is 10.1. The maximum absolute atomic E-state index is 12.4. The fourth-order valence-electron chi connectivity index (χ4n) is 2.09. The number of aryl methyl sites for hydroxylation is 1.